The maximum absolute atomic E-state index is 12.5. The average molecular weight is 557 g/mol. The monoisotopic (exact) mass is 556 g/mol. The van der Waals surface area contributed by atoms with Gasteiger partial charge in [-0.05, 0) is 31.9 Å². The first-order chi connectivity index (χ1) is 18.7. The van der Waals surface area contributed by atoms with Crippen LogP contribution in [0.25, 0.3) is 0 Å². The molecule has 3 aromatic rings. The van der Waals surface area contributed by atoms with Gasteiger partial charge >= 0.3 is 18.2 Å². The normalized spacial score (nSPS) is 11.8. The van der Waals surface area contributed by atoms with Crippen molar-refractivity contribution in [3.63, 3.8) is 0 Å². The largest absolute Gasteiger partial charge is 0.461 e. The molecular weight excluding hydrogens is 524 g/mol. The summed E-state index contributed by atoms with van der Waals surface area (Å²) in [6.45, 7) is 5.73. The van der Waals surface area contributed by atoms with Gasteiger partial charge < -0.3 is 29.3 Å². The second kappa shape index (κ2) is 14.8. The molecule has 1 aromatic heterocycles. The van der Waals surface area contributed by atoms with E-state index in [1.54, 1.807) is 20.8 Å². The predicted molar refractivity (Wildman–Crippen MR) is 143 cm³/mol. The summed E-state index contributed by atoms with van der Waals surface area (Å²) in [7, 11) is 0. The molecule has 0 fully saturated rings. The van der Waals surface area contributed by atoms with Gasteiger partial charge in [-0.2, -0.15) is 0 Å². The number of alkyl carbamates (subject to hydrolysis) is 2. The number of ether oxygens (including phenoxy) is 3. The summed E-state index contributed by atoms with van der Waals surface area (Å²) in [6.07, 6.45) is -1.53. The Labute approximate surface area is 231 Å². The third-order valence-electron chi connectivity index (χ3n) is 4.83. The van der Waals surface area contributed by atoms with Gasteiger partial charge in [-0.15, -0.1) is 10.2 Å². The van der Waals surface area contributed by atoms with Crippen molar-refractivity contribution in [3.8, 4) is 0 Å². The molecule has 12 heteroatoms. The van der Waals surface area contributed by atoms with Gasteiger partial charge in [0, 0.05) is 12.3 Å². The summed E-state index contributed by atoms with van der Waals surface area (Å²) in [5, 5.41) is 13.4. The standard InChI is InChI=1S/C27H32N4O7S/c1-27(2,3)38-25(34)29-21(16-22(32)35-17-19-10-6-4-7-11-19)23-30-31-26(37-23)39-15-14-28-24(33)36-18-20-12-8-5-9-13-20/h4-13,21H,14-18H2,1-3H3,(H,28,33)(H,29,34)/t21-/m0/s1. The van der Waals surface area contributed by atoms with E-state index in [9.17, 15) is 14.4 Å². The zero-order valence-electron chi connectivity index (χ0n) is 22.0. The SMILES string of the molecule is CC(C)(C)OC(=O)N[C@@H](CC(=O)OCc1ccccc1)c1nnc(SCCNC(=O)OCc2ccccc2)o1. The van der Waals surface area contributed by atoms with E-state index in [-0.39, 0.29) is 30.7 Å². The number of carbonyl (C=O) groups is 3. The number of rotatable bonds is 12. The van der Waals surface area contributed by atoms with Gasteiger partial charge in [-0.25, -0.2) is 9.59 Å². The van der Waals surface area contributed by atoms with Crippen LogP contribution in [0.4, 0.5) is 9.59 Å². The molecule has 2 N–H and O–H groups in total. The highest BCUT2D eigenvalue weighted by Crippen LogP contribution is 2.23. The maximum atomic E-state index is 12.5. The molecule has 0 radical (unpaired) electrons. The molecule has 39 heavy (non-hydrogen) atoms. The van der Waals surface area contributed by atoms with Crippen LogP contribution in [0.3, 0.4) is 0 Å². The number of hydrogen-bond donors (Lipinski definition) is 2. The number of nitrogens with zero attached hydrogens (tertiary/aromatic N) is 2. The maximum Gasteiger partial charge on any atom is 0.408 e. The van der Waals surface area contributed by atoms with Crippen molar-refractivity contribution in [2.24, 2.45) is 0 Å². The molecule has 0 spiro atoms. The molecule has 3 rings (SSSR count). The van der Waals surface area contributed by atoms with Gasteiger partial charge in [0.25, 0.3) is 5.22 Å². The van der Waals surface area contributed by atoms with Crippen molar-refractivity contribution in [3.05, 3.63) is 77.7 Å². The van der Waals surface area contributed by atoms with E-state index < -0.39 is 29.8 Å². The first kappa shape index (κ1) is 29.5. The fraction of sp³-hybridized carbons (Fsp3) is 0.370. The molecule has 208 valence electrons. The van der Waals surface area contributed by atoms with Crippen molar-refractivity contribution < 1.29 is 33.0 Å². The van der Waals surface area contributed by atoms with Crippen molar-refractivity contribution >= 4 is 29.9 Å². The van der Waals surface area contributed by atoms with Gasteiger partial charge in [-0.3, -0.25) is 4.79 Å². The van der Waals surface area contributed by atoms with E-state index in [0.29, 0.717) is 12.3 Å². The second-order valence-electron chi connectivity index (χ2n) is 9.29. The molecule has 2 aromatic carbocycles. The summed E-state index contributed by atoms with van der Waals surface area (Å²) < 4.78 is 21.5. The minimum Gasteiger partial charge on any atom is -0.461 e. The van der Waals surface area contributed by atoms with E-state index in [4.69, 9.17) is 18.6 Å². The molecular formula is C27H32N4O7S. The van der Waals surface area contributed by atoms with Gasteiger partial charge in [-0.1, -0.05) is 72.4 Å². The zero-order chi connectivity index (χ0) is 28.1. The summed E-state index contributed by atoms with van der Waals surface area (Å²) in [4.78, 5) is 36.8. The van der Waals surface area contributed by atoms with Crippen LogP contribution in [0.5, 0.6) is 0 Å². The lowest BCUT2D eigenvalue weighted by atomic mass is 10.2. The van der Waals surface area contributed by atoms with Crippen LogP contribution in [-0.4, -0.2) is 46.3 Å². The Kier molecular flexibility index (Phi) is 11.2. The van der Waals surface area contributed by atoms with Gasteiger partial charge in [0.1, 0.15) is 24.9 Å². The van der Waals surface area contributed by atoms with E-state index in [1.807, 2.05) is 60.7 Å². The molecule has 11 nitrogen and oxygen atoms in total. The summed E-state index contributed by atoms with van der Waals surface area (Å²) >= 11 is 1.20. The second-order valence-corrected chi connectivity index (χ2v) is 10.3. The van der Waals surface area contributed by atoms with Crippen molar-refractivity contribution in [1.29, 1.82) is 0 Å². The minimum absolute atomic E-state index is 0.0234. The summed E-state index contributed by atoms with van der Waals surface area (Å²) in [5.74, 6) is -0.119. The molecule has 0 aliphatic rings. The molecule has 0 aliphatic carbocycles. The van der Waals surface area contributed by atoms with Crippen LogP contribution in [0.15, 0.2) is 70.3 Å². The number of esters is 1. The summed E-state index contributed by atoms with van der Waals surface area (Å²) in [5.41, 5.74) is 0.975. The van der Waals surface area contributed by atoms with Gasteiger partial charge in [0.2, 0.25) is 5.89 Å². The van der Waals surface area contributed by atoms with Crippen LogP contribution < -0.4 is 10.6 Å². The molecule has 0 unspecified atom stereocenters. The van der Waals surface area contributed by atoms with Gasteiger partial charge in [0.05, 0.1) is 6.42 Å². The molecule has 0 bridgehead atoms. The lowest BCUT2D eigenvalue weighted by Crippen LogP contribution is -2.36. The Balaban J connectivity index is 1.50. The number of carbonyl (C=O) groups excluding carboxylic acids is 3. The number of aromatic nitrogens is 2. The summed E-state index contributed by atoms with van der Waals surface area (Å²) in [6, 6.07) is 17.6. The quantitative estimate of drug-likeness (QED) is 0.138. The fourth-order valence-corrected chi connectivity index (χ4v) is 3.72. The van der Waals surface area contributed by atoms with Crippen molar-refractivity contribution in [2.75, 3.05) is 12.3 Å². The molecule has 0 aliphatic heterocycles. The third-order valence-corrected chi connectivity index (χ3v) is 5.65. The van der Waals surface area contributed by atoms with Crippen LogP contribution in [0.2, 0.25) is 0 Å². The van der Waals surface area contributed by atoms with E-state index in [0.717, 1.165) is 11.1 Å². The molecule has 1 atom stereocenters. The number of nitrogens with one attached hydrogen (secondary N) is 2. The Morgan fingerprint density at radius 1 is 0.897 bits per heavy atom. The Hall–Kier alpha value is -4.06. The topological polar surface area (TPSA) is 142 Å². The highest BCUT2D eigenvalue weighted by molar-refractivity contribution is 7.99. The predicted octanol–water partition coefficient (Wildman–Crippen LogP) is 4.79. The van der Waals surface area contributed by atoms with Crippen LogP contribution in [0.1, 0.15) is 50.3 Å². The van der Waals surface area contributed by atoms with Crippen molar-refractivity contribution in [1.82, 2.24) is 20.8 Å². The zero-order valence-corrected chi connectivity index (χ0v) is 22.9. The van der Waals surface area contributed by atoms with E-state index in [2.05, 4.69) is 20.8 Å². The molecule has 0 saturated carbocycles. The Morgan fingerprint density at radius 3 is 2.13 bits per heavy atom. The van der Waals surface area contributed by atoms with Crippen LogP contribution in [0, 0.1) is 0 Å². The first-order valence-corrected chi connectivity index (χ1v) is 13.3. The highest BCUT2D eigenvalue weighted by atomic mass is 32.2. The number of amides is 2. The minimum atomic E-state index is -0.962. The molecule has 1 heterocycles. The van der Waals surface area contributed by atoms with Crippen LogP contribution in [-0.2, 0) is 32.2 Å². The first-order valence-electron chi connectivity index (χ1n) is 12.3. The van der Waals surface area contributed by atoms with E-state index >= 15 is 0 Å². The molecule has 2 amide bonds. The lowest BCUT2D eigenvalue weighted by molar-refractivity contribution is -0.145. The number of thioether (sulfide) groups is 1. The highest BCUT2D eigenvalue weighted by Gasteiger charge is 2.27. The Morgan fingerprint density at radius 2 is 1.51 bits per heavy atom. The van der Waals surface area contributed by atoms with Crippen molar-refractivity contribution in [2.45, 2.75) is 57.3 Å². The van der Waals surface area contributed by atoms with Gasteiger partial charge in [0.15, 0.2) is 0 Å². The Bertz CT molecular complexity index is 1200. The average Bonchev–Trinajstić information content (AvgIpc) is 3.37. The number of benzene rings is 2. The lowest BCUT2D eigenvalue weighted by Gasteiger charge is -2.22. The third kappa shape index (κ3) is 11.5. The van der Waals surface area contributed by atoms with E-state index in [1.165, 1.54) is 11.8 Å². The smallest absolute Gasteiger partial charge is 0.408 e. The van der Waals surface area contributed by atoms with Crippen LogP contribution >= 0.6 is 11.8 Å². The molecule has 0 saturated heterocycles. The fourth-order valence-electron chi connectivity index (χ4n) is 3.10. The number of hydrogen-bond acceptors (Lipinski definition) is 10.